The van der Waals surface area contributed by atoms with Crippen LogP contribution < -0.4 is 10.1 Å². The number of hydrogen-bond donors (Lipinski definition) is 1. The number of carbonyl (C=O) groups excluding carboxylic acids is 3. The third-order valence-corrected chi connectivity index (χ3v) is 7.01. The van der Waals surface area contributed by atoms with E-state index in [0.29, 0.717) is 30.4 Å². The summed E-state index contributed by atoms with van der Waals surface area (Å²) >= 11 is 0. The average molecular weight is 368 g/mol. The molecule has 3 amide bonds. The van der Waals surface area contributed by atoms with Crippen molar-refractivity contribution in [2.24, 2.45) is 17.8 Å². The Balaban J connectivity index is 1.33. The van der Waals surface area contributed by atoms with Crippen molar-refractivity contribution < 1.29 is 19.1 Å². The molecule has 1 saturated heterocycles. The highest BCUT2D eigenvalue weighted by atomic mass is 16.5. The van der Waals surface area contributed by atoms with Gasteiger partial charge in [-0.15, -0.1) is 0 Å². The van der Waals surface area contributed by atoms with Gasteiger partial charge in [0, 0.05) is 18.5 Å². The summed E-state index contributed by atoms with van der Waals surface area (Å²) < 4.78 is 6.34. The second-order valence-electron chi connectivity index (χ2n) is 8.49. The molecular formula is C21H24N2O4. The van der Waals surface area contributed by atoms with Crippen molar-refractivity contribution in [3.8, 4) is 5.75 Å². The van der Waals surface area contributed by atoms with Crippen LogP contribution >= 0.6 is 0 Å². The summed E-state index contributed by atoms with van der Waals surface area (Å²) in [6.07, 6.45) is 4.78. The van der Waals surface area contributed by atoms with Crippen molar-refractivity contribution >= 4 is 17.7 Å². The lowest BCUT2D eigenvalue weighted by Gasteiger charge is -2.29. The third kappa shape index (κ3) is 2.65. The van der Waals surface area contributed by atoms with Crippen molar-refractivity contribution in [2.45, 2.75) is 57.7 Å². The van der Waals surface area contributed by atoms with E-state index in [9.17, 15) is 14.4 Å². The summed E-state index contributed by atoms with van der Waals surface area (Å²) in [4.78, 5) is 37.9. The number of nitrogens with one attached hydrogen (secondary N) is 1. The van der Waals surface area contributed by atoms with Gasteiger partial charge in [-0.25, -0.2) is 0 Å². The van der Waals surface area contributed by atoms with Crippen LogP contribution in [-0.4, -0.2) is 34.8 Å². The first kappa shape index (κ1) is 16.8. The number of amides is 3. The SMILES string of the molecule is C[C@@H]1[C@H]2CC[C@H](C2)[C@@H]1Oc1ccc2c(c1)CN(C1CCC(=O)NC1=O)C2=O. The van der Waals surface area contributed by atoms with Crippen LogP contribution in [0, 0.1) is 17.8 Å². The van der Waals surface area contributed by atoms with Gasteiger partial charge in [-0.1, -0.05) is 6.92 Å². The monoisotopic (exact) mass is 368 g/mol. The standard InChI is InChI=1S/C21H24N2O4/c1-11-12-2-3-13(8-12)19(11)27-15-4-5-16-14(9-15)10-23(21(16)26)17-6-7-18(24)22-20(17)25/h4-5,9,11-13,17,19H,2-3,6-8,10H2,1H3,(H,22,24,25)/t11-,12+,13-,17?,19-/m1/s1. The van der Waals surface area contributed by atoms with E-state index in [2.05, 4.69) is 12.2 Å². The molecule has 0 aromatic heterocycles. The lowest BCUT2D eigenvalue weighted by Crippen LogP contribution is -2.52. The topological polar surface area (TPSA) is 75.7 Å². The summed E-state index contributed by atoms with van der Waals surface area (Å²) in [6.45, 7) is 2.68. The quantitative estimate of drug-likeness (QED) is 0.831. The minimum atomic E-state index is -0.572. The van der Waals surface area contributed by atoms with Crippen molar-refractivity contribution in [1.82, 2.24) is 10.2 Å². The number of rotatable bonds is 3. The number of piperidine rings is 1. The largest absolute Gasteiger partial charge is 0.490 e. The van der Waals surface area contributed by atoms with Crippen LogP contribution in [-0.2, 0) is 16.1 Å². The van der Waals surface area contributed by atoms with Crippen molar-refractivity contribution in [1.29, 1.82) is 0 Å². The summed E-state index contributed by atoms with van der Waals surface area (Å²) in [6, 6.07) is 5.08. The Kier molecular flexibility index (Phi) is 3.78. The fraction of sp³-hybridized carbons (Fsp3) is 0.571. The first-order valence-corrected chi connectivity index (χ1v) is 9.95. The van der Waals surface area contributed by atoms with Crippen molar-refractivity contribution in [3.63, 3.8) is 0 Å². The lowest BCUT2D eigenvalue weighted by molar-refractivity contribution is -0.136. The van der Waals surface area contributed by atoms with Gasteiger partial charge in [-0.3, -0.25) is 19.7 Å². The molecule has 0 spiro atoms. The predicted octanol–water partition coefficient (Wildman–Crippen LogP) is 2.26. The van der Waals surface area contributed by atoms with Gasteiger partial charge in [-0.05, 0) is 67.2 Å². The van der Waals surface area contributed by atoms with E-state index in [1.807, 2.05) is 18.2 Å². The van der Waals surface area contributed by atoms with Crippen LogP contribution in [0.1, 0.15) is 54.9 Å². The van der Waals surface area contributed by atoms with Crippen LogP contribution in [0.15, 0.2) is 18.2 Å². The van der Waals surface area contributed by atoms with Gasteiger partial charge in [0.1, 0.15) is 17.9 Å². The minimum Gasteiger partial charge on any atom is -0.490 e. The van der Waals surface area contributed by atoms with Gasteiger partial charge in [-0.2, -0.15) is 0 Å². The molecule has 2 saturated carbocycles. The fourth-order valence-corrected chi connectivity index (χ4v) is 5.51. The van der Waals surface area contributed by atoms with E-state index in [1.165, 1.54) is 19.3 Å². The first-order valence-electron chi connectivity index (χ1n) is 9.95. The number of hydrogen-bond acceptors (Lipinski definition) is 4. The zero-order valence-corrected chi connectivity index (χ0v) is 15.4. The Morgan fingerprint density at radius 3 is 2.67 bits per heavy atom. The molecule has 4 aliphatic rings. The number of ether oxygens (including phenoxy) is 1. The molecule has 2 bridgehead atoms. The minimum absolute atomic E-state index is 0.139. The van der Waals surface area contributed by atoms with Crippen LogP contribution in [0.3, 0.4) is 0 Å². The Bertz CT molecular complexity index is 833. The van der Waals surface area contributed by atoms with E-state index < -0.39 is 6.04 Å². The van der Waals surface area contributed by atoms with Gasteiger partial charge >= 0.3 is 0 Å². The highest BCUT2D eigenvalue weighted by Crippen LogP contribution is 2.49. The summed E-state index contributed by atoms with van der Waals surface area (Å²) in [7, 11) is 0. The second-order valence-corrected chi connectivity index (χ2v) is 8.49. The predicted molar refractivity (Wildman–Crippen MR) is 96.9 cm³/mol. The van der Waals surface area contributed by atoms with Crippen LogP contribution in [0.4, 0.5) is 0 Å². The molecule has 1 unspecified atom stereocenters. The molecule has 1 aromatic rings. The van der Waals surface area contributed by atoms with Gasteiger partial charge in [0.2, 0.25) is 11.8 Å². The summed E-state index contributed by atoms with van der Waals surface area (Å²) in [5, 5.41) is 2.34. The Labute approximate surface area is 158 Å². The van der Waals surface area contributed by atoms with E-state index in [0.717, 1.165) is 17.2 Å². The molecule has 1 N–H and O–H groups in total. The Morgan fingerprint density at radius 2 is 1.93 bits per heavy atom. The first-order chi connectivity index (χ1) is 13.0. The second kappa shape index (κ2) is 6.08. The third-order valence-electron chi connectivity index (χ3n) is 7.01. The molecule has 5 rings (SSSR count). The van der Waals surface area contributed by atoms with Crippen LogP contribution in [0.25, 0.3) is 0 Å². The van der Waals surface area contributed by atoms with E-state index in [4.69, 9.17) is 4.74 Å². The molecule has 2 aliphatic heterocycles. The smallest absolute Gasteiger partial charge is 0.255 e. The number of benzene rings is 1. The number of nitrogens with zero attached hydrogens (tertiary/aromatic N) is 1. The number of imide groups is 1. The lowest BCUT2D eigenvalue weighted by atomic mass is 9.88. The summed E-state index contributed by atoms with van der Waals surface area (Å²) in [5.41, 5.74) is 1.53. The van der Waals surface area contributed by atoms with Crippen molar-refractivity contribution in [2.75, 3.05) is 0 Å². The molecule has 2 aliphatic carbocycles. The molecular weight excluding hydrogens is 344 g/mol. The van der Waals surface area contributed by atoms with Gasteiger partial charge in [0.25, 0.3) is 5.91 Å². The van der Waals surface area contributed by atoms with Crippen LogP contribution in [0.5, 0.6) is 5.75 Å². The molecule has 142 valence electrons. The van der Waals surface area contributed by atoms with E-state index >= 15 is 0 Å². The van der Waals surface area contributed by atoms with Gasteiger partial charge < -0.3 is 9.64 Å². The maximum absolute atomic E-state index is 12.8. The average Bonchev–Trinajstić information content (AvgIpc) is 3.31. The van der Waals surface area contributed by atoms with Crippen LogP contribution in [0.2, 0.25) is 0 Å². The van der Waals surface area contributed by atoms with E-state index in [-0.39, 0.29) is 30.2 Å². The number of carbonyl (C=O) groups is 3. The van der Waals surface area contributed by atoms with Crippen molar-refractivity contribution in [3.05, 3.63) is 29.3 Å². The molecule has 2 heterocycles. The molecule has 0 radical (unpaired) electrons. The normalized spacial score (nSPS) is 34.8. The molecule has 6 heteroatoms. The van der Waals surface area contributed by atoms with E-state index in [1.54, 1.807) is 4.90 Å². The highest BCUT2D eigenvalue weighted by Gasteiger charge is 2.47. The van der Waals surface area contributed by atoms with Gasteiger partial charge in [0.05, 0.1) is 0 Å². The maximum Gasteiger partial charge on any atom is 0.255 e. The maximum atomic E-state index is 12.8. The molecule has 27 heavy (non-hydrogen) atoms. The highest BCUT2D eigenvalue weighted by molar-refractivity contribution is 6.05. The molecule has 3 fully saturated rings. The molecule has 1 aromatic carbocycles. The summed E-state index contributed by atoms with van der Waals surface area (Å²) in [5.74, 6) is 2.06. The zero-order valence-electron chi connectivity index (χ0n) is 15.4. The number of fused-ring (bicyclic) bond motifs is 3. The van der Waals surface area contributed by atoms with Gasteiger partial charge in [0.15, 0.2) is 0 Å². The zero-order chi connectivity index (χ0) is 18.7. The fourth-order valence-electron chi connectivity index (χ4n) is 5.51. The molecule has 5 atom stereocenters. The Hall–Kier alpha value is -2.37. The molecule has 6 nitrogen and oxygen atoms in total. The Morgan fingerprint density at radius 1 is 1.11 bits per heavy atom.